The molecule has 0 fully saturated rings. The summed E-state index contributed by atoms with van der Waals surface area (Å²) in [5.74, 6) is -1.88. The van der Waals surface area contributed by atoms with Crippen LogP contribution < -0.4 is 4.74 Å². The maximum absolute atomic E-state index is 13.7. The number of benzene rings is 2. The van der Waals surface area contributed by atoms with Gasteiger partial charge in [-0.3, -0.25) is 4.79 Å². The van der Waals surface area contributed by atoms with Gasteiger partial charge in [-0.25, -0.2) is 4.39 Å². The van der Waals surface area contributed by atoms with Crippen molar-refractivity contribution in [2.24, 2.45) is 0 Å². The highest BCUT2D eigenvalue weighted by atomic mass is 35.5. The lowest BCUT2D eigenvalue weighted by atomic mass is 10.0. The monoisotopic (exact) mass is 300 g/mol. The molecule has 0 bridgehead atoms. The summed E-state index contributed by atoms with van der Waals surface area (Å²) in [6.45, 7) is -3.07. The molecule has 2 aromatic carbocycles. The van der Waals surface area contributed by atoms with Gasteiger partial charge in [0.2, 0.25) is 0 Å². The van der Waals surface area contributed by atoms with E-state index in [9.17, 15) is 18.0 Å². The molecule has 2 aromatic rings. The second kappa shape index (κ2) is 5.96. The first-order chi connectivity index (χ1) is 9.49. The SMILES string of the molecule is O=C(c1ccc(Cl)cc1F)c1ccccc1OC(F)F. The zero-order chi connectivity index (χ0) is 14.7. The number of hydrogen-bond acceptors (Lipinski definition) is 2. The predicted molar refractivity (Wildman–Crippen MR) is 67.9 cm³/mol. The van der Waals surface area contributed by atoms with E-state index >= 15 is 0 Å². The van der Waals surface area contributed by atoms with Crippen LogP contribution in [0.25, 0.3) is 0 Å². The zero-order valence-electron chi connectivity index (χ0n) is 9.95. The first-order valence-corrected chi connectivity index (χ1v) is 5.90. The average molecular weight is 301 g/mol. The van der Waals surface area contributed by atoms with Crippen molar-refractivity contribution in [3.05, 3.63) is 64.4 Å². The number of carbonyl (C=O) groups is 1. The second-order valence-corrected chi connectivity index (χ2v) is 4.26. The Morgan fingerprint density at radius 1 is 1.10 bits per heavy atom. The van der Waals surface area contributed by atoms with Crippen LogP contribution in [0, 0.1) is 5.82 Å². The van der Waals surface area contributed by atoms with E-state index in [0.29, 0.717) is 0 Å². The van der Waals surface area contributed by atoms with Gasteiger partial charge in [-0.15, -0.1) is 0 Å². The van der Waals surface area contributed by atoms with Crippen LogP contribution in [0.5, 0.6) is 5.75 Å². The minimum absolute atomic E-state index is 0.135. The smallest absolute Gasteiger partial charge is 0.387 e. The van der Waals surface area contributed by atoms with Gasteiger partial charge in [-0.2, -0.15) is 8.78 Å². The van der Waals surface area contributed by atoms with Gasteiger partial charge in [0.1, 0.15) is 11.6 Å². The highest BCUT2D eigenvalue weighted by Gasteiger charge is 2.19. The van der Waals surface area contributed by atoms with E-state index in [1.54, 1.807) is 0 Å². The third-order valence-corrected chi connectivity index (χ3v) is 2.76. The highest BCUT2D eigenvalue weighted by Crippen LogP contribution is 2.25. The number of ketones is 1. The number of rotatable bonds is 4. The molecule has 20 heavy (non-hydrogen) atoms. The number of para-hydroxylation sites is 1. The molecule has 0 radical (unpaired) electrons. The summed E-state index contributed by atoms with van der Waals surface area (Å²) < 4.78 is 42.5. The second-order valence-electron chi connectivity index (χ2n) is 3.83. The van der Waals surface area contributed by atoms with Crippen molar-refractivity contribution in [1.29, 1.82) is 0 Å². The summed E-state index contributed by atoms with van der Waals surface area (Å²) in [5.41, 5.74) is -0.409. The fourth-order valence-electron chi connectivity index (χ4n) is 1.67. The summed E-state index contributed by atoms with van der Waals surface area (Å²) in [5, 5.41) is 0.135. The predicted octanol–water partition coefficient (Wildman–Crippen LogP) is 4.31. The lowest BCUT2D eigenvalue weighted by Crippen LogP contribution is -2.10. The molecule has 0 aliphatic heterocycles. The molecule has 0 heterocycles. The first-order valence-electron chi connectivity index (χ1n) is 5.52. The standard InChI is InChI=1S/C14H8ClF3O2/c15-8-5-6-9(11(16)7-8)13(19)10-3-1-2-4-12(10)20-14(17)18/h1-7,14H. The molecule has 2 rings (SSSR count). The normalized spacial score (nSPS) is 10.7. The Kier molecular flexibility index (Phi) is 4.29. The van der Waals surface area contributed by atoms with Crippen LogP contribution in [-0.2, 0) is 0 Å². The number of halogens is 4. The average Bonchev–Trinajstić information content (AvgIpc) is 2.38. The van der Waals surface area contributed by atoms with Crippen LogP contribution in [0.1, 0.15) is 15.9 Å². The van der Waals surface area contributed by atoms with Crippen molar-refractivity contribution in [1.82, 2.24) is 0 Å². The van der Waals surface area contributed by atoms with Gasteiger partial charge in [-0.1, -0.05) is 23.7 Å². The van der Waals surface area contributed by atoms with Gasteiger partial charge in [0, 0.05) is 5.02 Å². The Balaban J connectivity index is 2.43. The van der Waals surface area contributed by atoms with Crippen LogP contribution in [0.2, 0.25) is 5.02 Å². The van der Waals surface area contributed by atoms with Gasteiger partial charge < -0.3 is 4.74 Å². The van der Waals surface area contributed by atoms with Crippen LogP contribution in [0.4, 0.5) is 13.2 Å². The number of carbonyl (C=O) groups excluding carboxylic acids is 1. The quantitative estimate of drug-likeness (QED) is 0.786. The highest BCUT2D eigenvalue weighted by molar-refractivity contribution is 6.30. The van der Waals surface area contributed by atoms with Gasteiger partial charge in [0.25, 0.3) is 0 Å². The summed E-state index contributed by atoms with van der Waals surface area (Å²) in [6.07, 6.45) is 0. The van der Waals surface area contributed by atoms with E-state index in [0.717, 1.165) is 6.07 Å². The van der Waals surface area contributed by atoms with E-state index in [1.807, 2.05) is 0 Å². The maximum atomic E-state index is 13.7. The van der Waals surface area contributed by atoms with Crippen molar-refractivity contribution < 1.29 is 22.7 Å². The molecule has 104 valence electrons. The molecule has 0 atom stereocenters. The lowest BCUT2D eigenvalue weighted by molar-refractivity contribution is -0.0501. The molecule has 2 nitrogen and oxygen atoms in total. The van der Waals surface area contributed by atoms with Crippen molar-refractivity contribution >= 4 is 17.4 Å². The van der Waals surface area contributed by atoms with Crippen LogP contribution in [0.3, 0.4) is 0 Å². The van der Waals surface area contributed by atoms with Crippen LogP contribution >= 0.6 is 11.6 Å². The third kappa shape index (κ3) is 3.11. The number of hydrogen-bond donors (Lipinski definition) is 0. The molecule has 0 N–H and O–H groups in total. The van der Waals surface area contributed by atoms with E-state index in [2.05, 4.69) is 4.74 Å². The van der Waals surface area contributed by atoms with Crippen molar-refractivity contribution in [2.75, 3.05) is 0 Å². The Bertz CT molecular complexity index is 644. The summed E-state index contributed by atoms with van der Waals surface area (Å²) in [7, 11) is 0. The summed E-state index contributed by atoms with van der Waals surface area (Å²) in [4.78, 5) is 12.2. The van der Waals surface area contributed by atoms with Gasteiger partial charge >= 0.3 is 6.61 Å². The molecule has 0 aliphatic rings. The zero-order valence-corrected chi connectivity index (χ0v) is 10.7. The minimum atomic E-state index is -3.07. The molecule has 0 amide bonds. The molecule has 0 saturated carbocycles. The molecule has 0 saturated heterocycles. The number of ether oxygens (including phenoxy) is 1. The third-order valence-electron chi connectivity index (χ3n) is 2.52. The Morgan fingerprint density at radius 3 is 2.45 bits per heavy atom. The maximum Gasteiger partial charge on any atom is 0.387 e. The van der Waals surface area contributed by atoms with Gasteiger partial charge in [0.05, 0.1) is 11.1 Å². The fourth-order valence-corrected chi connectivity index (χ4v) is 1.83. The minimum Gasteiger partial charge on any atom is -0.434 e. The summed E-state index contributed by atoms with van der Waals surface area (Å²) >= 11 is 5.59. The molecule has 0 unspecified atom stereocenters. The fraction of sp³-hybridized carbons (Fsp3) is 0.0714. The first kappa shape index (κ1) is 14.4. The van der Waals surface area contributed by atoms with Gasteiger partial charge in [0.15, 0.2) is 5.78 Å². The Labute approximate surface area is 117 Å². The lowest BCUT2D eigenvalue weighted by Gasteiger charge is -2.10. The molecule has 0 spiro atoms. The van der Waals surface area contributed by atoms with Crippen molar-refractivity contribution in [2.45, 2.75) is 6.61 Å². The van der Waals surface area contributed by atoms with Gasteiger partial charge in [-0.05, 0) is 30.3 Å². The Hall–Kier alpha value is -2.01. The molecule has 6 heteroatoms. The van der Waals surface area contributed by atoms with E-state index in [4.69, 9.17) is 11.6 Å². The van der Waals surface area contributed by atoms with E-state index in [-0.39, 0.29) is 21.9 Å². The van der Waals surface area contributed by atoms with E-state index < -0.39 is 18.2 Å². The Morgan fingerprint density at radius 2 is 1.80 bits per heavy atom. The molecule has 0 aromatic heterocycles. The molecular formula is C14H8ClF3O2. The van der Waals surface area contributed by atoms with Crippen LogP contribution in [-0.4, -0.2) is 12.4 Å². The van der Waals surface area contributed by atoms with Crippen LogP contribution in [0.15, 0.2) is 42.5 Å². The van der Waals surface area contributed by atoms with Crippen molar-refractivity contribution in [3.8, 4) is 5.75 Å². The van der Waals surface area contributed by atoms with E-state index in [1.165, 1.54) is 36.4 Å². The largest absolute Gasteiger partial charge is 0.434 e. The summed E-state index contributed by atoms with van der Waals surface area (Å²) in [6, 6.07) is 8.92. The number of alkyl halides is 2. The molecule has 0 aliphatic carbocycles. The molecular weight excluding hydrogens is 293 g/mol. The van der Waals surface area contributed by atoms with Crippen molar-refractivity contribution in [3.63, 3.8) is 0 Å². The topological polar surface area (TPSA) is 26.3 Å².